The second kappa shape index (κ2) is 83.1. The summed E-state index contributed by atoms with van der Waals surface area (Å²) in [6.07, 6.45) is 119. The van der Waals surface area contributed by atoms with Crippen LogP contribution in [0.2, 0.25) is 0 Å². The number of phosphoric ester groups is 1. The van der Waals surface area contributed by atoms with Crippen LogP contribution < -0.4 is 5.73 Å². The van der Waals surface area contributed by atoms with E-state index < -0.39 is 26.5 Å². The van der Waals surface area contributed by atoms with Crippen molar-refractivity contribution in [2.45, 2.75) is 392 Å². The molecule has 0 saturated heterocycles. The maximum absolute atomic E-state index is 12.8. The molecular formula is C89H156NO8P. The van der Waals surface area contributed by atoms with Crippen molar-refractivity contribution in [3.63, 3.8) is 0 Å². The lowest BCUT2D eigenvalue weighted by Gasteiger charge is -2.19. The van der Waals surface area contributed by atoms with Crippen molar-refractivity contribution in [2.24, 2.45) is 5.73 Å². The van der Waals surface area contributed by atoms with Crippen molar-refractivity contribution in [3.05, 3.63) is 134 Å². The monoisotopic (exact) mass is 1400 g/mol. The van der Waals surface area contributed by atoms with Gasteiger partial charge in [-0.2, -0.15) is 0 Å². The molecule has 0 aromatic rings. The standard InChI is InChI=1S/C89H156NO8P/c1-3-5-7-9-11-13-15-17-19-21-23-25-27-29-31-33-35-37-39-41-42-43-44-46-47-49-51-53-55-57-59-61-63-65-67-69-71-73-75-77-79-81-88(91)95-85-87(86-97-99(93,94)96-84-83-90)98-89(92)82-80-78-76-74-72-70-68-66-64-62-60-58-56-54-52-50-48-45-40-38-36-34-32-30-28-26-24-22-20-18-16-14-12-10-8-6-4-2/h5-8,11-14,17-20,23-26,29-32,36,38,87H,3-4,9-10,15-16,21-22,27-28,33-35,37,39-86,90H2,1-2H3,(H,93,94)/b7-5-,8-6-,13-11-,14-12-,19-17-,20-18-,25-23-,26-24-,31-29-,32-30-,38-36-. The molecule has 0 aliphatic rings. The van der Waals surface area contributed by atoms with Gasteiger partial charge in [0, 0.05) is 19.4 Å². The molecule has 99 heavy (non-hydrogen) atoms. The van der Waals surface area contributed by atoms with E-state index in [-0.39, 0.29) is 38.6 Å². The lowest BCUT2D eigenvalue weighted by atomic mass is 10.0. The number of phosphoric acid groups is 1. The van der Waals surface area contributed by atoms with Crippen LogP contribution in [0.25, 0.3) is 0 Å². The van der Waals surface area contributed by atoms with E-state index in [0.29, 0.717) is 6.42 Å². The van der Waals surface area contributed by atoms with Gasteiger partial charge >= 0.3 is 19.8 Å². The highest BCUT2D eigenvalue weighted by molar-refractivity contribution is 7.47. The van der Waals surface area contributed by atoms with Crippen LogP contribution in [0.3, 0.4) is 0 Å². The molecule has 9 nitrogen and oxygen atoms in total. The van der Waals surface area contributed by atoms with E-state index in [1.165, 1.54) is 244 Å². The van der Waals surface area contributed by atoms with Crippen molar-refractivity contribution in [3.8, 4) is 0 Å². The first kappa shape index (κ1) is 95.2. The van der Waals surface area contributed by atoms with Crippen LogP contribution in [0.1, 0.15) is 386 Å². The van der Waals surface area contributed by atoms with Crippen LogP contribution in [-0.4, -0.2) is 49.3 Å². The summed E-state index contributed by atoms with van der Waals surface area (Å²) in [5.41, 5.74) is 5.42. The molecule has 0 aliphatic heterocycles. The van der Waals surface area contributed by atoms with Gasteiger partial charge in [-0.15, -0.1) is 0 Å². The Hall–Kier alpha value is -3.85. The molecule has 570 valence electrons. The van der Waals surface area contributed by atoms with E-state index in [4.69, 9.17) is 24.3 Å². The number of carbonyl (C=O) groups is 2. The molecular weight excluding hydrogens is 1240 g/mol. The Labute approximate surface area is 612 Å². The van der Waals surface area contributed by atoms with E-state index in [1.54, 1.807) is 0 Å². The Morgan fingerprint density at radius 2 is 0.525 bits per heavy atom. The Bertz CT molecular complexity index is 2100. The maximum atomic E-state index is 12.8. The average molecular weight is 1400 g/mol. The fourth-order valence-corrected chi connectivity index (χ4v) is 12.7. The predicted octanol–water partition coefficient (Wildman–Crippen LogP) is 28.3. The summed E-state index contributed by atoms with van der Waals surface area (Å²) in [5, 5.41) is 0. The van der Waals surface area contributed by atoms with Gasteiger partial charge in [-0.1, -0.05) is 398 Å². The van der Waals surface area contributed by atoms with Gasteiger partial charge in [0.1, 0.15) is 6.61 Å². The topological polar surface area (TPSA) is 134 Å². The number of allylic oxidation sites excluding steroid dienone is 22. The van der Waals surface area contributed by atoms with Crippen LogP contribution in [0.4, 0.5) is 0 Å². The zero-order valence-electron chi connectivity index (χ0n) is 64.4. The van der Waals surface area contributed by atoms with Gasteiger partial charge in [0.15, 0.2) is 6.10 Å². The average Bonchev–Trinajstić information content (AvgIpc) is 1.64. The molecule has 0 spiro atoms. The lowest BCUT2D eigenvalue weighted by Crippen LogP contribution is -2.29. The van der Waals surface area contributed by atoms with Crippen molar-refractivity contribution in [1.82, 2.24) is 0 Å². The fraction of sp³-hybridized carbons (Fsp3) is 0.730. The van der Waals surface area contributed by atoms with Gasteiger partial charge in [0.25, 0.3) is 0 Å². The number of rotatable bonds is 78. The van der Waals surface area contributed by atoms with Gasteiger partial charge in [-0.25, -0.2) is 4.57 Å². The molecule has 2 atom stereocenters. The van der Waals surface area contributed by atoms with Crippen LogP contribution >= 0.6 is 7.82 Å². The number of hydrogen-bond acceptors (Lipinski definition) is 8. The van der Waals surface area contributed by atoms with Crippen molar-refractivity contribution >= 4 is 19.8 Å². The molecule has 0 aromatic heterocycles. The quantitative estimate of drug-likeness (QED) is 0.0264. The minimum absolute atomic E-state index is 0.0521. The molecule has 0 amide bonds. The molecule has 0 saturated carbocycles. The highest BCUT2D eigenvalue weighted by Gasteiger charge is 2.26. The number of nitrogens with two attached hydrogens (primary N) is 1. The molecule has 0 bridgehead atoms. The third-order valence-corrected chi connectivity index (χ3v) is 19.0. The van der Waals surface area contributed by atoms with E-state index >= 15 is 0 Å². The summed E-state index contributed by atoms with van der Waals surface area (Å²) >= 11 is 0. The Kier molecular flexibility index (Phi) is 79.9. The molecule has 0 rings (SSSR count). The minimum atomic E-state index is -4.40. The summed E-state index contributed by atoms with van der Waals surface area (Å²) in [6.45, 7) is 3.56. The maximum Gasteiger partial charge on any atom is 0.472 e. The molecule has 10 heteroatoms. The zero-order valence-corrected chi connectivity index (χ0v) is 65.3. The summed E-state index contributed by atoms with van der Waals surface area (Å²) in [5.74, 6) is -0.811. The van der Waals surface area contributed by atoms with Crippen LogP contribution in [0.15, 0.2) is 134 Å². The van der Waals surface area contributed by atoms with Gasteiger partial charge in [-0.05, 0) is 109 Å². The third-order valence-electron chi connectivity index (χ3n) is 18.0. The van der Waals surface area contributed by atoms with Gasteiger partial charge in [0.2, 0.25) is 0 Å². The zero-order chi connectivity index (χ0) is 71.5. The van der Waals surface area contributed by atoms with Gasteiger partial charge in [-0.3, -0.25) is 18.6 Å². The number of unbranched alkanes of at least 4 members (excludes halogenated alkanes) is 43. The Balaban J connectivity index is 3.77. The molecule has 0 fully saturated rings. The van der Waals surface area contributed by atoms with Crippen LogP contribution in [-0.2, 0) is 32.7 Å². The minimum Gasteiger partial charge on any atom is -0.462 e. The third kappa shape index (κ3) is 83.0. The number of ether oxygens (including phenoxy) is 2. The fourth-order valence-electron chi connectivity index (χ4n) is 12.0. The highest BCUT2D eigenvalue weighted by atomic mass is 31.2. The van der Waals surface area contributed by atoms with E-state index in [1.807, 2.05) is 0 Å². The van der Waals surface area contributed by atoms with Crippen molar-refractivity contribution < 1.29 is 37.6 Å². The first-order chi connectivity index (χ1) is 48.8. The highest BCUT2D eigenvalue weighted by Crippen LogP contribution is 2.43. The van der Waals surface area contributed by atoms with E-state index in [2.05, 4.69) is 148 Å². The van der Waals surface area contributed by atoms with Crippen LogP contribution in [0, 0.1) is 0 Å². The largest absolute Gasteiger partial charge is 0.472 e. The Morgan fingerprint density at radius 1 is 0.303 bits per heavy atom. The smallest absolute Gasteiger partial charge is 0.462 e. The summed E-state index contributed by atoms with van der Waals surface area (Å²) < 4.78 is 33.3. The molecule has 3 N–H and O–H groups in total. The molecule has 0 radical (unpaired) electrons. The van der Waals surface area contributed by atoms with E-state index in [9.17, 15) is 19.0 Å². The normalized spacial score (nSPS) is 13.5. The first-order valence-corrected chi connectivity index (χ1v) is 43.2. The Morgan fingerprint density at radius 3 is 0.778 bits per heavy atom. The summed E-state index contributed by atoms with van der Waals surface area (Å²) in [6, 6.07) is 0. The summed E-state index contributed by atoms with van der Waals surface area (Å²) in [4.78, 5) is 35.5. The molecule has 0 aliphatic carbocycles. The van der Waals surface area contributed by atoms with Gasteiger partial charge in [0.05, 0.1) is 13.2 Å². The number of hydrogen-bond donors (Lipinski definition) is 2. The molecule has 0 heterocycles. The number of esters is 2. The first-order valence-electron chi connectivity index (χ1n) is 41.7. The molecule has 2 unspecified atom stereocenters. The summed E-state index contributed by atoms with van der Waals surface area (Å²) in [7, 11) is -4.40. The molecule has 0 aromatic carbocycles. The number of carbonyl (C=O) groups excluding carboxylic acids is 2. The predicted molar refractivity (Wildman–Crippen MR) is 431 cm³/mol. The van der Waals surface area contributed by atoms with E-state index in [0.717, 1.165) is 109 Å². The van der Waals surface area contributed by atoms with Crippen molar-refractivity contribution in [2.75, 3.05) is 26.4 Å². The lowest BCUT2D eigenvalue weighted by molar-refractivity contribution is -0.161. The second-order valence-corrected chi connectivity index (χ2v) is 29.0. The van der Waals surface area contributed by atoms with Crippen LogP contribution in [0.5, 0.6) is 0 Å². The van der Waals surface area contributed by atoms with Crippen molar-refractivity contribution in [1.29, 1.82) is 0 Å². The SMILES string of the molecule is CC/C=C\C/C=C\C/C=C\C/C=C\C/C=C\C/C=C\CCCCCCCCCCCCCCCCCCCCC(=O)OC(COC(=O)CCCCCCCCCCCCCCCCCCCCCCCCCCC/C=C\C/C=C\C/C=C\C/C=C\C/C=C\CC)COP(=O)(O)OCCN. The second-order valence-electron chi connectivity index (χ2n) is 27.6. The van der Waals surface area contributed by atoms with Gasteiger partial charge < -0.3 is 20.1 Å².